The Kier molecular flexibility index (Phi) is 5.11. The molecule has 0 saturated heterocycles. The van der Waals surface area contributed by atoms with Gasteiger partial charge in [0, 0.05) is 12.6 Å². The van der Waals surface area contributed by atoms with Crippen LogP contribution in [0.4, 0.5) is 0 Å². The fourth-order valence-corrected chi connectivity index (χ4v) is 2.94. The molecule has 90 valence electrons. The lowest BCUT2D eigenvalue weighted by atomic mass is 9.65. The van der Waals surface area contributed by atoms with E-state index < -0.39 is 0 Å². The fraction of sp³-hybridized carbons (Fsp3) is 1.00. The molecule has 1 saturated carbocycles. The lowest BCUT2D eigenvalue weighted by Crippen LogP contribution is -2.43. The van der Waals surface area contributed by atoms with Crippen LogP contribution in [0.3, 0.4) is 0 Å². The first-order valence-corrected chi connectivity index (χ1v) is 6.84. The van der Waals surface area contributed by atoms with Gasteiger partial charge < -0.3 is 5.32 Å². The first-order chi connectivity index (χ1) is 7.10. The summed E-state index contributed by atoms with van der Waals surface area (Å²) in [4.78, 5) is 0. The highest BCUT2D eigenvalue weighted by Crippen LogP contribution is 2.43. The number of rotatable bonds is 5. The number of hydrogen-bond donors (Lipinski definition) is 1. The molecular formula is C14H29N. The van der Waals surface area contributed by atoms with Gasteiger partial charge in [-0.2, -0.15) is 0 Å². The quantitative estimate of drug-likeness (QED) is 0.725. The van der Waals surface area contributed by atoms with Crippen LogP contribution in [0.15, 0.2) is 0 Å². The molecule has 0 spiro atoms. The number of nitrogens with one attached hydrogen (secondary N) is 1. The minimum Gasteiger partial charge on any atom is -0.314 e. The second-order valence-electron chi connectivity index (χ2n) is 5.77. The van der Waals surface area contributed by atoms with E-state index in [4.69, 9.17) is 0 Å². The SMILES string of the molecule is CCC(C)C1(CNC(C)C)CCCCC1. The molecule has 1 unspecified atom stereocenters. The molecule has 0 aromatic rings. The zero-order chi connectivity index (χ0) is 11.3. The maximum Gasteiger partial charge on any atom is 0.00127 e. The van der Waals surface area contributed by atoms with Crippen molar-refractivity contribution in [3.63, 3.8) is 0 Å². The van der Waals surface area contributed by atoms with Gasteiger partial charge >= 0.3 is 0 Å². The topological polar surface area (TPSA) is 12.0 Å². The van der Waals surface area contributed by atoms with E-state index in [1.807, 2.05) is 0 Å². The monoisotopic (exact) mass is 211 g/mol. The highest BCUT2D eigenvalue weighted by molar-refractivity contribution is 4.89. The van der Waals surface area contributed by atoms with E-state index in [-0.39, 0.29) is 0 Å². The summed E-state index contributed by atoms with van der Waals surface area (Å²) in [5.41, 5.74) is 0.608. The molecule has 0 aromatic carbocycles. The Morgan fingerprint density at radius 2 is 1.67 bits per heavy atom. The maximum absolute atomic E-state index is 3.67. The van der Waals surface area contributed by atoms with Crippen molar-refractivity contribution in [2.24, 2.45) is 11.3 Å². The standard InChI is InChI=1S/C14H29N/c1-5-13(4)14(11-15-12(2)3)9-7-6-8-10-14/h12-13,15H,5-11H2,1-4H3. The average Bonchev–Trinajstić information content (AvgIpc) is 2.26. The molecule has 1 N–H and O–H groups in total. The van der Waals surface area contributed by atoms with Crippen LogP contribution in [0.5, 0.6) is 0 Å². The Bertz CT molecular complexity index is 168. The van der Waals surface area contributed by atoms with Crippen LogP contribution in [0, 0.1) is 11.3 Å². The first kappa shape index (κ1) is 13.0. The van der Waals surface area contributed by atoms with Crippen molar-refractivity contribution in [2.75, 3.05) is 6.54 Å². The van der Waals surface area contributed by atoms with Crippen LogP contribution in [-0.2, 0) is 0 Å². The van der Waals surface area contributed by atoms with Gasteiger partial charge in [0.1, 0.15) is 0 Å². The molecule has 1 heteroatoms. The Morgan fingerprint density at radius 3 is 2.13 bits per heavy atom. The van der Waals surface area contributed by atoms with Gasteiger partial charge in [0.2, 0.25) is 0 Å². The average molecular weight is 211 g/mol. The highest BCUT2D eigenvalue weighted by Gasteiger charge is 2.36. The van der Waals surface area contributed by atoms with E-state index in [1.54, 1.807) is 0 Å². The summed E-state index contributed by atoms with van der Waals surface area (Å²) < 4.78 is 0. The van der Waals surface area contributed by atoms with Gasteiger partial charge in [-0.05, 0) is 24.2 Å². The fourth-order valence-electron chi connectivity index (χ4n) is 2.94. The lowest BCUT2D eigenvalue weighted by molar-refractivity contribution is 0.0987. The Labute approximate surface area is 96.0 Å². The van der Waals surface area contributed by atoms with Crippen LogP contribution >= 0.6 is 0 Å². The maximum atomic E-state index is 3.67. The largest absolute Gasteiger partial charge is 0.314 e. The third-order valence-corrected chi connectivity index (χ3v) is 4.37. The molecule has 0 radical (unpaired) electrons. The van der Waals surface area contributed by atoms with Gasteiger partial charge in [0.25, 0.3) is 0 Å². The highest BCUT2D eigenvalue weighted by atomic mass is 14.9. The molecule has 0 bridgehead atoms. The minimum atomic E-state index is 0.608. The number of hydrogen-bond acceptors (Lipinski definition) is 1. The third kappa shape index (κ3) is 3.48. The third-order valence-electron chi connectivity index (χ3n) is 4.37. The molecule has 0 heterocycles. The summed E-state index contributed by atoms with van der Waals surface area (Å²) in [5.74, 6) is 0.879. The van der Waals surface area contributed by atoms with Gasteiger partial charge in [-0.3, -0.25) is 0 Å². The molecule has 15 heavy (non-hydrogen) atoms. The van der Waals surface area contributed by atoms with Crippen LogP contribution in [0.25, 0.3) is 0 Å². The van der Waals surface area contributed by atoms with Crippen molar-refractivity contribution >= 4 is 0 Å². The molecule has 0 aromatic heterocycles. The smallest absolute Gasteiger partial charge is 0.00127 e. The van der Waals surface area contributed by atoms with Crippen molar-refractivity contribution in [1.82, 2.24) is 5.32 Å². The van der Waals surface area contributed by atoms with Gasteiger partial charge in [-0.15, -0.1) is 0 Å². The molecule has 0 amide bonds. The van der Waals surface area contributed by atoms with Crippen molar-refractivity contribution in [1.29, 1.82) is 0 Å². The van der Waals surface area contributed by atoms with E-state index in [0.717, 1.165) is 5.92 Å². The summed E-state index contributed by atoms with van der Waals surface area (Å²) in [6, 6.07) is 0.632. The zero-order valence-corrected chi connectivity index (χ0v) is 11.1. The second-order valence-corrected chi connectivity index (χ2v) is 5.77. The van der Waals surface area contributed by atoms with Gasteiger partial charge in [-0.25, -0.2) is 0 Å². The summed E-state index contributed by atoms with van der Waals surface area (Å²) >= 11 is 0. The van der Waals surface area contributed by atoms with Crippen molar-refractivity contribution in [3.8, 4) is 0 Å². The Morgan fingerprint density at radius 1 is 1.07 bits per heavy atom. The normalized spacial score (nSPS) is 23.0. The van der Waals surface area contributed by atoms with Crippen molar-refractivity contribution < 1.29 is 0 Å². The minimum absolute atomic E-state index is 0.608. The summed E-state index contributed by atoms with van der Waals surface area (Å²) in [6.07, 6.45) is 8.58. The van der Waals surface area contributed by atoms with Crippen LogP contribution in [-0.4, -0.2) is 12.6 Å². The predicted octanol–water partition coefficient (Wildman–Crippen LogP) is 3.98. The molecule has 1 fully saturated rings. The van der Waals surface area contributed by atoms with Crippen molar-refractivity contribution in [2.45, 2.75) is 72.3 Å². The first-order valence-electron chi connectivity index (χ1n) is 6.84. The zero-order valence-electron chi connectivity index (χ0n) is 11.1. The van der Waals surface area contributed by atoms with E-state index in [9.17, 15) is 0 Å². The molecular weight excluding hydrogens is 182 g/mol. The van der Waals surface area contributed by atoms with E-state index in [1.165, 1.54) is 45.1 Å². The predicted molar refractivity (Wildman–Crippen MR) is 68.1 cm³/mol. The molecule has 1 nitrogen and oxygen atoms in total. The summed E-state index contributed by atoms with van der Waals surface area (Å²) in [5, 5.41) is 3.67. The summed E-state index contributed by atoms with van der Waals surface area (Å²) in [6.45, 7) is 10.5. The second kappa shape index (κ2) is 5.89. The van der Waals surface area contributed by atoms with Crippen LogP contribution < -0.4 is 5.32 Å². The molecule has 1 aliphatic carbocycles. The molecule has 1 aliphatic rings. The van der Waals surface area contributed by atoms with E-state index in [0.29, 0.717) is 11.5 Å². The van der Waals surface area contributed by atoms with Gasteiger partial charge in [0.05, 0.1) is 0 Å². The van der Waals surface area contributed by atoms with E-state index in [2.05, 4.69) is 33.0 Å². The van der Waals surface area contributed by atoms with Gasteiger partial charge in [0.15, 0.2) is 0 Å². The van der Waals surface area contributed by atoms with Crippen LogP contribution in [0.2, 0.25) is 0 Å². The molecule has 0 aliphatic heterocycles. The van der Waals surface area contributed by atoms with Crippen LogP contribution in [0.1, 0.15) is 66.2 Å². The van der Waals surface area contributed by atoms with E-state index >= 15 is 0 Å². The molecule has 1 atom stereocenters. The molecule has 1 rings (SSSR count). The Hall–Kier alpha value is -0.0400. The lowest BCUT2D eigenvalue weighted by Gasteiger charge is -2.43. The summed E-state index contributed by atoms with van der Waals surface area (Å²) in [7, 11) is 0. The van der Waals surface area contributed by atoms with Gasteiger partial charge in [-0.1, -0.05) is 53.4 Å². The van der Waals surface area contributed by atoms with Crippen molar-refractivity contribution in [3.05, 3.63) is 0 Å². The Balaban J connectivity index is 2.58.